The summed E-state index contributed by atoms with van der Waals surface area (Å²) in [5.74, 6) is 2.41. The van der Waals surface area contributed by atoms with E-state index in [2.05, 4.69) is 60.6 Å². The maximum Gasteiger partial charge on any atom is 0.134 e. The minimum Gasteiger partial charge on any atom is -0.311 e. The Morgan fingerprint density at radius 2 is 1.50 bits per heavy atom. The first-order valence-corrected chi connectivity index (χ1v) is 8.19. The molecule has 2 rings (SSSR count). The number of nitrogens with zero attached hydrogens (tertiary/aromatic N) is 3. The molecule has 2 heterocycles. The lowest BCUT2D eigenvalue weighted by Crippen LogP contribution is -2.25. The molecule has 0 saturated heterocycles. The fraction of sp³-hybridized carbons (Fsp3) is 0.333. The van der Waals surface area contributed by atoms with Gasteiger partial charge in [-0.2, -0.15) is 0 Å². The molecule has 0 N–H and O–H groups in total. The molecule has 2 aromatic heterocycles. The van der Waals surface area contributed by atoms with Gasteiger partial charge in [-0.25, -0.2) is 9.97 Å². The average molecular weight is 399 g/mol. The van der Waals surface area contributed by atoms with E-state index in [0.717, 1.165) is 33.5 Å². The largest absolute Gasteiger partial charge is 0.311 e. The first-order chi connectivity index (χ1) is 9.60. The third-order valence-corrected chi connectivity index (χ3v) is 4.11. The Kier molecular flexibility index (Phi) is 5.54. The number of aromatic nitrogens is 2. The van der Waals surface area contributed by atoms with Gasteiger partial charge in [-0.05, 0) is 62.0 Å². The average Bonchev–Trinajstić information content (AvgIpc) is 2.46. The highest BCUT2D eigenvalue weighted by Gasteiger charge is 2.14. The summed E-state index contributed by atoms with van der Waals surface area (Å²) in [6.45, 7) is 5.34. The second-order valence-electron chi connectivity index (χ2n) is 4.79. The molecule has 0 aliphatic heterocycles. The van der Waals surface area contributed by atoms with E-state index < -0.39 is 0 Å². The minimum absolute atomic E-state index is 0.575. The highest BCUT2D eigenvalue weighted by atomic mass is 79.9. The summed E-state index contributed by atoms with van der Waals surface area (Å²) in [6.07, 6.45) is 4.76. The van der Waals surface area contributed by atoms with Crippen molar-refractivity contribution in [2.45, 2.75) is 20.3 Å². The van der Waals surface area contributed by atoms with E-state index >= 15 is 0 Å². The number of halogens is 2. The van der Waals surface area contributed by atoms with Crippen molar-refractivity contribution in [3.63, 3.8) is 0 Å². The fourth-order valence-electron chi connectivity index (χ4n) is 1.80. The van der Waals surface area contributed by atoms with Gasteiger partial charge in [-0.1, -0.05) is 20.3 Å². The summed E-state index contributed by atoms with van der Waals surface area (Å²) in [4.78, 5) is 11.1. The van der Waals surface area contributed by atoms with Crippen molar-refractivity contribution in [3.8, 4) is 0 Å². The van der Waals surface area contributed by atoms with Gasteiger partial charge in [0.2, 0.25) is 0 Å². The summed E-state index contributed by atoms with van der Waals surface area (Å²) in [7, 11) is 0. The zero-order chi connectivity index (χ0) is 14.5. The predicted molar refractivity (Wildman–Crippen MR) is 90.3 cm³/mol. The van der Waals surface area contributed by atoms with E-state index in [9.17, 15) is 0 Å². The molecular weight excluding hydrogens is 382 g/mol. The van der Waals surface area contributed by atoms with E-state index in [0.29, 0.717) is 5.92 Å². The Bertz CT molecular complexity index is 495. The van der Waals surface area contributed by atoms with Crippen molar-refractivity contribution >= 4 is 43.5 Å². The van der Waals surface area contributed by atoms with Crippen LogP contribution in [0, 0.1) is 5.92 Å². The van der Waals surface area contributed by atoms with Gasteiger partial charge in [-0.3, -0.25) is 0 Å². The molecule has 0 spiro atoms. The molecule has 0 saturated carbocycles. The highest BCUT2D eigenvalue weighted by Crippen LogP contribution is 2.25. The molecule has 0 fully saturated rings. The lowest BCUT2D eigenvalue weighted by Gasteiger charge is -2.25. The fourth-order valence-corrected chi connectivity index (χ4v) is 2.27. The molecule has 0 amide bonds. The summed E-state index contributed by atoms with van der Waals surface area (Å²) in [5.41, 5.74) is 0. The van der Waals surface area contributed by atoms with Crippen LogP contribution in [0.5, 0.6) is 0 Å². The molecule has 0 aliphatic rings. The first kappa shape index (κ1) is 15.4. The van der Waals surface area contributed by atoms with Crippen LogP contribution in [0.15, 0.2) is 45.6 Å². The third-order valence-electron chi connectivity index (χ3n) is 3.17. The van der Waals surface area contributed by atoms with E-state index in [1.165, 1.54) is 0 Å². The van der Waals surface area contributed by atoms with Crippen molar-refractivity contribution in [2.75, 3.05) is 11.4 Å². The molecule has 0 radical (unpaired) electrons. The van der Waals surface area contributed by atoms with Crippen molar-refractivity contribution in [3.05, 3.63) is 45.6 Å². The lowest BCUT2D eigenvalue weighted by molar-refractivity contribution is 0.564. The molecule has 0 unspecified atom stereocenters. The number of rotatable bonds is 5. The summed E-state index contributed by atoms with van der Waals surface area (Å²) in [6, 6.07) is 8.03. The summed E-state index contributed by atoms with van der Waals surface area (Å²) < 4.78 is 1.96. The van der Waals surface area contributed by atoms with Crippen molar-refractivity contribution in [1.82, 2.24) is 9.97 Å². The van der Waals surface area contributed by atoms with E-state index in [1.807, 2.05) is 36.7 Å². The van der Waals surface area contributed by atoms with Gasteiger partial charge >= 0.3 is 0 Å². The molecule has 106 valence electrons. The molecular formula is C15H17Br2N3. The van der Waals surface area contributed by atoms with Crippen LogP contribution in [0.3, 0.4) is 0 Å². The van der Waals surface area contributed by atoms with Crippen LogP contribution in [-0.2, 0) is 0 Å². The zero-order valence-corrected chi connectivity index (χ0v) is 14.7. The van der Waals surface area contributed by atoms with Crippen LogP contribution in [-0.4, -0.2) is 16.5 Å². The summed E-state index contributed by atoms with van der Waals surface area (Å²) in [5, 5.41) is 0. The van der Waals surface area contributed by atoms with Crippen LogP contribution in [0.1, 0.15) is 20.3 Å². The van der Waals surface area contributed by atoms with E-state index in [4.69, 9.17) is 0 Å². The lowest BCUT2D eigenvalue weighted by atomic mass is 10.1. The molecule has 1 atom stereocenters. The molecule has 0 aliphatic carbocycles. The highest BCUT2D eigenvalue weighted by molar-refractivity contribution is 9.10. The van der Waals surface area contributed by atoms with Crippen LogP contribution in [0.4, 0.5) is 11.6 Å². The molecule has 2 aromatic rings. The smallest absolute Gasteiger partial charge is 0.134 e. The van der Waals surface area contributed by atoms with Gasteiger partial charge < -0.3 is 4.90 Å². The van der Waals surface area contributed by atoms with Crippen LogP contribution in [0.25, 0.3) is 0 Å². The Labute approximate surface area is 136 Å². The van der Waals surface area contributed by atoms with Crippen LogP contribution < -0.4 is 4.90 Å². The molecule has 0 aromatic carbocycles. The Balaban J connectivity index is 2.33. The van der Waals surface area contributed by atoms with Gasteiger partial charge in [-0.15, -0.1) is 0 Å². The van der Waals surface area contributed by atoms with Crippen molar-refractivity contribution in [2.24, 2.45) is 5.92 Å². The molecule has 5 heteroatoms. The molecule has 3 nitrogen and oxygen atoms in total. The first-order valence-electron chi connectivity index (χ1n) is 6.60. The molecule has 20 heavy (non-hydrogen) atoms. The summed E-state index contributed by atoms with van der Waals surface area (Å²) >= 11 is 6.84. The normalized spacial score (nSPS) is 12.2. The van der Waals surface area contributed by atoms with Crippen molar-refractivity contribution < 1.29 is 0 Å². The maximum absolute atomic E-state index is 4.49. The van der Waals surface area contributed by atoms with E-state index in [-0.39, 0.29) is 0 Å². The zero-order valence-electron chi connectivity index (χ0n) is 11.6. The predicted octanol–water partition coefficient (Wildman–Crippen LogP) is 5.19. The number of hydrogen-bond donors (Lipinski definition) is 0. The van der Waals surface area contributed by atoms with Gasteiger partial charge in [0.1, 0.15) is 11.6 Å². The second kappa shape index (κ2) is 7.18. The topological polar surface area (TPSA) is 29.0 Å². The van der Waals surface area contributed by atoms with Crippen LogP contribution in [0.2, 0.25) is 0 Å². The maximum atomic E-state index is 4.49. The van der Waals surface area contributed by atoms with Crippen LogP contribution >= 0.6 is 31.9 Å². The van der Waals surface area contributed by atoms with Gasteiger partial charge in [0.25, 0.3) is 0 Å². The SMILES string of the molecule is CC[C@H](C)CN(c1ccc(Br)cn1)c1ccc(Br)cn1. The quantitative estimate of drug-likeness (QED) is 0.694. The Morgan fingerprint density at radius 1 is 1.00 bits per heavy atom. The number of anilines is 2. The van der Waals surface area contributed by atoms with Crippen molar-refractivity contribution in [1.29, 1.82) is 0 Å². The number of pyridine rings is 2. The monoisotopic (exact) mass is 397 g/mol. The standard InChI is InChI=1S/C15H17Br2N3/c1-3-11(2)10-20(14-6-4-12(16)8-18-14)15-7-5-13(17)9-19-15/h4-9,11H,3,10H2,1-2H3/t11-/m0/s1. The molecule has 0 bridgehead atoms. The number of hydrogen-bond acceptors (Lipinski definition) is 3. The minimum atomic E-state index is 0.575. The third kappa shape index (κ3) is 4.03. The Hall–Kier alpha value is -0.940. The van der Waals surface area contributed by atoms with Gasteiger partial charge in [0.05, 0.1) is 0 Å². The second-order valence-corrected chi connectivity index (χ2v) is 6.62. The van der Waals surface area contributed by atoms with E-state index in [1.54, 1.807) is 0 Å². The van der Waals surface area contributed by atoms with Gasteiger partial charge in [0, 0.05) is 27.9 Å². The Morgan fingerprint density at radius 3 is 1.85 bits per heavy atom. The van der Waals surface area contributed by atoms with Gasteiger partial charge in [0.15, 0.2) is 0 Å².